The average molecular weight is 388 g/mol. The number of aryl methyl sites for hydroxylation is 2. The van der Waals surface area contributed by atoms with Crippen LogP contribution < -0.4 is 10.6 Å². The summed E-state index contributed by atoms with van der Waals surface area (Å²) in [6, 6.07) is 15.0. The van der Waals surface area contributed by atoms with Crippen molar-refractivity contribution in [3.63, 3.8) is 0 Å². The Hall–Kier alpha value is -1.62. The van der Waals surface area contributed by atoms with Crippen LogP contribution in [0.3, 0.4) is 0 Å². The molecule has 5 heteroatoms. The molecule has 2 aromatic rings. The number of hydrogen-bond acceptors (Lipinski definition) is 2. The van der Waals surface area contributed by atoms with Crippen LogP contribution in [0.25, 0.3) is 0 Å². The molecule has 1 fully saturated rings. The van der Waals surface area contributed by atoms with E-state index in [9.17, 15) is 0 Å². The Morgan fingerprint density at radius 3 is 2.50 bits per heavy atom. The Balaban J connectivity index is 1.66. The Morgan fingerprint density at radius 1 is 1.15 bits per heavy atom. The number of benzene rings is 2. The molecule has 138 valence electrons. The molecule has 0 bridgehead atoms. The molecule has 1 heterocycles. The fourth-order valence-corrected chi connectivity index (χ4v) is 4.16. The smallest absolute Gasteiger partial charge is 0.170 e. The van der Waals surface area contributed by atoms with Crippen LogP contribution in [0.4, 0.5) is 5.69 Å². The van der Waals surface area contributed by atoms with E-state index in [2.05, 4.69) is 51.9 Å². The average Bonchev–Trinajstić information content (AvgIpc) is 3.13. The van der Waals surface area contributed by atoms with Crippen LogP contribution in [0.5, 0.6) is 0 Å². The molecule has 1 aliphatic heterocycles. The van der Waals surface area contributed by atoms with Gasteiger partial charge >= 0.3 is 0 Å². The van der Waals surface area contributed by atoms with E-state index in [1.807, 2.05) is 19.9 Å². The highest BCUT2D eigenvalue weighted by Gasteiger charge is 2.23. The van der Waals surface area contributed by atoms with Crippen molar-refractivity contribution in [2.45, 2.75) is 32.7 Å². The van der Waals surface area contributed by atoms with Gasteiger partial charge in [0.25, 0.3) is 0 Å². The zero-order valence-corrected chi connectivity index (χ0v) is 17.0. The van der Waals surface area contributed by atoms with E-state index < -0.39 is 0 Å². The number of halogens is 1. The highest BCUT2D eigenvalue weighted by molar-refractivity contribution is 7.80. The molecule has 0 spiro atoms. The maximum atomic E-state index is 6.38. The molecule has 26 heavy (non-hydrogen) atoms. The van der Waals surface area contributed by atoms with Gasteiger partial charge in [-0.05, 0) is 74.8 Å². The molecular formula is C21H26ClN3S. The fraction of sp³-hybridized carbons (Fsp3) is 0.381. The second-order valence-electron chi connectivity index (χ2n) is 6.94. The van der Waals surface area contributed by atoms with Gasteiger partial charge in [-0.1, -0.05) is 48.0 Å². The van der Waals surface area contributed by atoms with Gasteiger partial charge in [-0.25, -0.2) is 0 Å². The molecule has 1 atom stereocenters. The highest BCUT2D eigenvalue weighted by Crippen LogP contribution is 2.28. The molecule has 2 aromatic carbocycles. The van der Waals surface area contributed by atoms with E-state index in [0.717, 1.165) is 36.4 Å². The Labute approximate surface area is 166 Å². The lowest BCUT2D eigenvalue weighted by molar-refractivity contribution is 0.246. The van der Waals surface area contributed by atoms with Crippen molar-refractivity contribution in [2.75, 3.05) is 25.0 Å². The summed E-state index contributed by atoms with van der Waals surface area (Å²) in [7, 11) is 0. The monoisotopic (exact) mass is 387 g/mol. The Morgan fingerprint density at radius 2 is 1.85 bits per heavy atom. The number of nitrogens with zero attached hydrogens (tertiary/aromatic N) is 1. The van der Waals surface area contributed by atoms with Crippen molar-refractivity contribution in [3.05, 3.63) is 64.2 Å². The quantitative estimate of drug-likeness (QED) is 0.699. The third-order valence-corrected chi connectivity index (χ3v) is 5.44. The third-order valence-electron chi connectivity index (χ3n) is 4.89. The largest absolute Gasteiger partial charge is 0.361 e. The van der Waals surface area contributed by atoms with Crippen molar-refractivity contribution in [1.29, 1.82) is 0 Å². The van der Waals surface area contributed by atoms with Crippen molar-refractivity contribution in [1.82, 2.24) is 10.2 Å². The van der Waals surface area contributed by atoms with Crippen LogP contribution >= 0.6 is 23.8 Å². The van der Waals surface area contributed by atoms with Crippen LogP contribution in [-0.2, 0) is 0 Å². The van der Waals surface area contributed by atoms with Crippen LogP contribution in [0.2, 0.25) is 5.02 Å². The second-order valence-corrected chi connectivity index (χ2v) is 7.76. The van der Waals surface area contributed by atoms with Crippen molar-refractivity contribution < 1.29 is 0 Å². The van der Waals surface area contributed by atoms with Crippen molar-refractivity contribution >= 4 is 34.6 Å². The summed E-state index contributed by atoms with van der Waals surface area (Å²) in [5.41, 5.74) is 4.45. The number of thiocarbonyl (C=S) groups is 1. The van der Waals surface area contributed by atoms with E-state index in [0.29, 0.717) is 16.2 Å². The van der Waals surface area contributed by atoms with Gasteiger partial charge in [0.1, 0.15) is 0 Å². The normalized spacial score (nSPS) is 15.7. The SMILES string of the molecule is Cc1cc(C)c(NC(=S)NC[C@@H](c2ccccc2)N2CCCC2)c(Cl)c1. The predicted molar refractivity (Wildman–Crippen MR) is 115 cm³/mol. The van der Waals surface area contributed by atoms with E-state index in [1.54, 1.807) is 0 Å². The summed E-state index contributed by atoms with van der Waals surface area (Å²) in [6.07, 6.45) is 2.54. The Bertz CT molecular complexity index is 734. The lowest BCUT2D eigenvalue weighted by atomic mass is 10.1. The third kappa shape index (κ3) is 4.76. The number of nitrogens with one attached hydrogen (secondary N) is 2. The van der Waals surface area contributed by atoms with Crippen LogP contribution in [0, 0.1) is 13.8 Å². The van der Waals surface area contributed by atoms with Gasteiger partial charge in [-0.2, -0.15) is 0 Å². The maximum absolute atomic E-state index is 6.38. The summed E-state index contributed by atoms with van der Waals surface area (Å²) in [5.74, 6) is 0. The first-order chi connectivity index (χ1) is 12.5. The molecule has 2 N–H and O–H groups in total. The first-order valence-corrected chi connectivity index (χ1v) is 9.94. The molecule has 0 aromatic heterocycles. The summed E-state index contributed by atoms with van der Waals surface area (Å²) in [4.78, 5) is 2.54. The maximum Gasteiger partial charge on any atom is 0.170 e. The van der Waals surface area contributed by atoms with Gasteiger partial charge in [0, 0.05) is 6.54 Å². The van der Waals surface area contributed by atoms with Crippen LogP contribution in [0.1, 0.15) is 35.6 Å². The predicted octanol–water partition coefficient (Wildman–Crippen LogP) is 5.08. The molecule has 0 aliphatic carbocycles. The lowest BCUT2D eigenvalue weighted by Crippen LogP contribution is -2.38. The summed E-state index contributed by atoms with van der Waals surface area (Å²) in [5, 5.41) is 7.98. The molecule has 0 radical (unpaired) electrons. The van der Waals surface area contributed by atoms with E-state index in [4.69, 9.17) is 23.8 Å². The summed E-state index contributed by atoms with van der Waals surface area (Å²) in [6.45, 7) is 7.15. The molecule has 1 saturated heterocycles. The molecule has 3 rings (SSSR count). The number of rotatable bonds is 5. The van der Waals surface area contributed by atoms with Gasteiger partial charge in [-0.15, -0.1) is 0 Å². The molecule has 0 saturated carbocycles. The van der Waals surface area contributed by atoms with Crippen LogP contribution in [0.15, 0.2) is 42.5 Å². The van der Waals surface area contributed by atoms with E-state index >= 15 is 0 Å². The number of anilines is 1. The minimum atomic E-state index is 0.327. The minimum absolute atomic E-state index is 0.327. The Kier molecular flexibility index (Phi) is 6.52. The molecular weight excluding hydrogens is 362 g/mol. The highest BCUT2D eigenvalue weighted by atomic mass is 35.5. The van der Waals surface area contributed by atoms with Crippen molar-refractivity contribution in [3.8, 4) is 0 Å². The minimum Gasteiger partial charge on any atom is -0.361 e. The lowest BCUT2D eigenvalue weighted by Gasteiger charge is -2.29. The molecule has 0 unspecified atom stereocenters. The van der Waals surface area contributed by atoms with Gasteiger partial charge in [0.05, 0.1) is 16.8 Å². The molecule has 3 nitrogen and oxygen atoms in total. The number of hydrogen-bond donors (Lipinski definition) is 2. The van der Waals surface area contributed by atoms with Gasteiger partial charge in [0.15, 0.2) is 5.11 Å². The van der Waals surface area contributed by atoms with Gasteiger partial charge < -0.3 is 10.6 Å². The first kappa shape index (κ1) is 19.2. The summed E-state index contributed by atoms with van der Waals surface area (Å²) < 4.78 is 0. The molecule has 0 amide bonds. The van der Waals surface area contributed by atoms with E-state index in [1.165, 1.54) is 18.4 Å². The zero-order valence-electron chi connectivity index (χ0n) is 15.4. The standard InChI is InChI=1S/C21H26ClN3S/c1-15-12-16(2)20(18(22)13-15)24-21(26)23-14-19(25-10-6-7-11-25)17-8-4-3-5-9-17/h3-5,8-9,12-13,19H,6-7,10-11,14H2,1-2H3,(H2,23,24,26)/t19-/m0/s1. The second kappa shape index (κ2) is 8.85. The first-order valence-electron chi connectivity index (χ1n) is 9.15. The van der Waals surface area contributed by atoms with Gasteiger partial charge in [-0.3, -0.25) is 4.90 Å². The van der Waals surface area contributed by atoms with E-state index in [-0.39, 0.29) is 0 Å². The summed E-state index contributed by atoms with van der Waals surface area (Å²) >= 11 is 11.9. The van der Waals surface area contributed by atoms with Gasteiger partial charge in [0.2, 0.25) is 0 Å². The van der Waals surface area contributed by atoms with Crippen LogP contribution in [-0.4, -0.2) is 29.6 Å². The topological polar surface area (TPSA) is 27.3 Å². The number of likely N-dealkylation sites (tertiary alicyclic amines) is 1. The zero-order chi connectivity index (χ0) is 18.5. The fourth-order valence-electron chi connectivity index (χ4n) is 3.61. The van der Waals surface area contributed by atoms with Crippen molar-refractivity contribution in [2.24, 2.45) is 0 Å². The molecule has 1 aliphatic rings.